The number of nitrogens with one attached hydrogen (secondary N) is 2. The highest BCUT2D eigenvalue weighted by Gasteiger charge is 2.07. The van der Waals surface area contributed by atoms with Crippen LogP contribution in [-0.4, -0.2) is 16.7 Å². The fourth-order valence-corrected chi connectivity index (χ4v) is 1.01. The lowest BCUT2D eigenvalue weighted by Crippen LogP contribution is -2.22. The molecule has 5 N–H and O–H groups in total. The van der Waals surface area contributed by atoms with Crippen LogP contribution in [-0.2, 0) is 0 Å². The molecule has 7 heteroatoms. The van der Waals surface area contributed by atoms with Crippen molar-refractivity contribution >= 4 is 17.2 Å². The third-order valence-electron chi connectivity index (χ3n) is 1.93. The minimum absolute atomic E-state index is 0.106. The van der Waals surface area contributed by atoms with E-state index < -0.39 is 11.7 Å². The molecule has 0 aliphatic carbocycles. The van der Waals surface area contributed by atoms with Gasteiger partial charge >= 0.3 is 0 Å². The molecule has 0 radical (unpaired) electrons. The number of nitrogens with zero attached hydrogens (tertiary/aromatic N) is 2. The Kier molecular flexibility index (Phi) is 3.62. The van der Waals surface area contributed by atoms with E-state index in [2.05, 4.69) is 10.5 Å². The van der Waals surface area contributed by atoms with E-state index in [4.69, 9.17) is 16.4 Å². The van der Waals surface area contributed by atoms with Crippen molar-refractivity contribution in [2.75, 3.05) is 5.43 Å². The zero-order valence-electron chi connectivity index (χ0n) is 8.95. The predicted octanol–water partition coefficient (Wildman–Crippen LogP) is 1.07. The zero-order valence-corrected chi connectivity index (χ0v) is 8.95. The number of hydrogen-bond acceptors (Lipinski definition) is 5. The Morgan fingerprint density at radius 3 is 2.82 bits per heavy atom. The summed E-state index contributed by atoms with van der Waals surface area (Å²) in [5.74, 6) is -1.27. The Bertz CT molecular complexity index is 532. The summed E-state index contributed by atoms with van der Waals surface area (Å²) in [6.07, 6.45) is 0. The van der Waals surface area contributed by atoms with Crippen LogP contribution < -0.4 is 11.2 Å². The Labute approximate surface area is 96.7 Å². The van der Waals surface area contributed by atoms with E-state index in [0.717, 1.165) is 12.1 Å². The lowest BCUT2D eigenvalue weighted by atomic mass is 10.2. The van der Waals surface area contributed by atoms with Gasteiger partial charge in [-0.05, 0) is 18.6 Å². The summed E-state index contributed by atoms with van der Waals surface area (Å²) >= 11 is 0. The van der Waals surface area contributed by atoms with Crippen molar-refractivity contribution in [3.8, 4) is 11.8 Å². The summed E-state index contributed by atoms with van der Waals surface area (Å²) < 4.78 is 13.4. The highest BCUT2D eigenvalue weighted by molar-refractivity contribution is 6.45. The molecule has 17 heavy (non-hydrogen) atoms. The molecule has 1 rings (SSSR count). The second-order valence-corrected chi connectivity index (χ2v) is 3.22. The number of aromatic hydroxyl groups is 1. The molecular formula is C10H10FN5O. The number of rotatable bonds is 3. The first-order valence-corrected chi connectivity index (χ1v) is 4.53. The van der Waals surface area contributed by atoms with Gasteiger partial charge in [-0.2, -0.15) is 10.4 Å². The molecule has 0 heterocycles. The van der Waals surface area contributed by atoms with Crippen molar-refractivity contribution in [2.24, 2.45) is 10.8 Å². The van der Waals surface area contributed by atoms with E-state index in [9.17, 15) is 9.50 Å². The fourth-order valence-electron chi connectivity index (χ4n) is 1.01. The van der Waals surface area contributed by atoms with E-state index in [1.54, 1.807) is 13.0 Å². The Morgan fingerprint density at radius 2 is 2.29 bits per heavy atom. The van der Waals surface area contributed by atoms with E-state index in [1.165, 1.54) is 0 Å². The number of hydrogen-bond donors (Lipinski definition) is 4. The zero-order chi connectivity index (χ0) is 13.0. The lowest BCUT2D eigenvalue weighted by Gasteiger charge is -2.05. The van der Waals surface area contributed by atoms with Gasteiger partial charge in [-0.15, -0.1) is 0 Å². The number of aryl methyl sites for hydroxylation is 1. The van der Waals surface area contributed by atoms with Crippen LogP contribution >= 0.6 is 0 Å². The molecule has 0 amide bonds. The minimum Gasteiger partial charge on any atom is -0.508 e. The summed E-state index contributed by atoms with van der Waals surface area (Å²) in [5, 5.41) is 28.4. The van der Waals surface area contributed by atoms with Crippen LogP contribution in [0.4, 0.5) is 10.1 Å². The molecule has 0 bridgehead atoms. The molecule has 0 saturated heterocycles. The molecule has 0 aliphatic heterocycles. The van der Waals surface area contributed by atoms with Gasteiger partial charge in [0.15, 0.2) is 5.84 Å². The Morgan fingerprint density at radius 1 is 1.65 bits per heavy atom. The molecule has 88 valence electrons. The quantitative estimate of drug-likeness (QED) is 0.356. The largest absolute Gasteiger partial charge is 0.508 e. The van der Waals surface area contributed by atoms with Crippen LogP contribution in [0.15, 0.2) is 17.2 Å². The highest BCUT2D eigenvalue weighted by Crippen LogP contribution is 2.24. The van der Waals surface area contributed by atoms with Crippen LogP contribution in [0.3, 0.4) is 0 Å². The van der Waals surface area contributed by atoms with E-state index in [-0.39, 0.29) is 17.1 Å². The van der Waals surface area contributed by atoms with Crippen molar-refractivity contribution in [1.82, 2.24) is 0 Å². The van der Waals surface area contributed by atoms with Crippen molar-refractivity contribution in [1.29, 1.82) is 10.7 Å². The molecule has 1 aromatic carbocycles. The van der Waals surface area contributed by atoms with Crippen molar-refractivity contribution in [3.05, 3.63) is 23.5 Å². The third kappa shape index (κ3) is 2.92. The fraction of sp³-hybridized carbons (Fsp3) is 0.100. The normalized spacial score (nSPS) is 10.8. The molecule has 0 aromatic heterocycles. The molecule has 0 fully saturated rings. The van der Waals surface area contributed by atoms with Crippen LogP contribution in [0.1, 0.15) is 5.56 Å². The minimum atomic E-state index is -0.634. The number of nitrogens with two attached hydrogens (primary N) is 1. The maximum absolute atomic E-state index is 13.4. The van der Waals surface area contributed by atoms with Gasteiger partial charge in [-0.25, -0.2) is 4.39 Å². The van der Waals surface area contributed by atoms with Crippen molar-refractivity contribution in [3.63, 3.8) is 0 Å². The number of halogens is 1. The average Bonchev–Trinajstić information content (AvgIpc) is 2.25. The summed E-state index contributed by atoms with van der Waals surface area (Å²) in [4.78, 5) is 0. The molecule has 0 atom stereocenters. The SMILES string of the molecule is Cc1cc(F)c(N/N=C(\C#N)C(=N)N)cc1O. The standard InChI is InChI=1S/C10H10FN5O/c1-5-2-6(11)7(3-9(5)17)15-16-8(4-12)10(13)14/h2-3,15,17H,1H3,(H3,13,14)/b16-8+. The molecule has 0 spiro atoms. The highest BCUT2D eigenvalue weighted by atomic mass is 19.1. The summed E-state index contributed by atoms with van der Waals surface area (Å²) in [5.41, 5.74) is 7.17. The number of hydrazone groups is 1. The molecule has 6 nitrogen and oxygen atoms in total. The molecule has 0 saturated carbocycles. The summed E-state index contributed by atoms with van der Waals surface area (Å²) in [7, 11) is 0. The van der Waals surface area contributed by atoms with Gasteiger partial charge in [0, 0.05) is 6.07 Å². The van der Waals surface area contributed by atoms with Gasteiger partial charge in [0.1, 0.15) is 17.6 Å². The Hall–Kier alpha value is -2.62. The van der Waals surface area contributed by atoms with Gasteiger partial charge in [0.2, 0.25) is 5.71 Å². The van der Waals surface area contributed by atoms with Gasteiger partial charge < -0.3 is 10.8 Å². The second kappa shape index (κ2) is 4.94. The predicted molar refractivity (Wildman–Crippen MR) is 61.4 cm³/mol. The maximum Gasteiger partial charge on any atom is 0.201 e. The van der Waals surface area contributed by atoms with Gasteiger partial charge in [0.05, 0.1) is 5.69 Å². The summed E-state index contributed by atoms with van der Waals surface area (Å²) in [6, 6.07) is 3.82. The van der Waals surface area contributed by atoms with Crippen molar-refractivity contribution < 1.29 is 9.50 Å². The smallest absolute Gasteiger partial charge is 0.201 e. The first-order chi connectivity index (χ1) is 7.95. The van der Waals surface area contributed by atoms with Gasteiger partial charge in [-0.1, -0.05) is 0 Å². The first-order valence-electron chi connectivity index (χ1n) is 4.53. The number of amidine groups is 1. The van der Waals surface area contributed by atoms with Crippen LogP contribution in [0, 0.1) is 29.5 Å². The monoisotopic (exact) mass is 235 g/mol. The van der Waals surface area contributed by atoms with Crippen LogP contribution in [0.2, 0.25) is 0 Å². The maximum atomic E-state index is 13.4. The summed E-state index contributed by atoms with van der Waals surface area (Å²) in [6.45, 7) is 1.54. The molecular weight excluding hydrogens is 225 g/mol. The lowest BCUT2D eigenvalue weighted by molar-refractivity contribution is 0.469. The van der Waals surface area contributed by atoms with E-state index >= 15 is 0 Å². The third-order valence-corrected chi connectivity index (χ3v) is 1.93. The van der Waals surface area contributed by atoms with Crippen LogP contribution in [0.5, 0.6) is 5.75 Å². The van der Waals surface area contributed by atoms with E-state index in [0.29, 0.717) is 5.56 Å². The average molecular weight is 235 g/mol. The van der Waals surface area contributed by atoms with Gasteiger partial charge in [0.25, 0.3) is 0 Å². The molecule has 1 aromatic rings. The number of benzene rings is 1. The topological polar surface area (TPSA) is 118 Å². The number of nitriles is 1. The van der Waals surface area contributed by atoms with E-state index in [1.807, 2.05) is 0 Å². The first kappa shape index (κ1) is 12.4. The van der Waals surface area contributed by atoms with Crippen molar-refractivity contribution in [2.45, 2.75) is 6.92 Å². The second-order valence-electron chi connectivity index (χ2n) is 3.22. The van der Waals surface area contributed by atoms with Crippen LogP contribution in [0.25, 0.3) is 0 Å². The number of phenols is 1. The Balaban J connectivity index is 3.01. The number of phenolic OH excluding ortho intramolecular Hbond substituents is 1. The van der Waals surface area contributed by atoms with Gasteiger partial charge in [-0.3, -0.25) is 10.8 Å². The molecule has 0 unspecified atom stereocenters. The molecule has 0 aliphatic rings. The number of anilines is 1.